The summed E-state index contributed by atoms with van der Waals surface area (Å²) in [7, 11) is 1.74. The first-order valence-electron chi connectivity index (χ1n) is 6.02. The zero-order chi connectivity index (χ0) is 13.2. The van der Waals surface area contributed by atoms with Crippen LogP contribution in [0.4, 0.5) is 4.79 Å². The zero-order valence-corrected chi connectivity index (χ0v) is 11.1. The fourth-order valence-electron chi connectivity index (χ4n) is 2.30. The molecule has 1 N–H and O–H groups in total. The first-order chi connectivity index (χ1) is 7.75. The topological polar surface area (TPSA) is 60.9 Å². The number of rotatable bonds is 1. The van der Waals surface area contributed by atoms with Gasteiger partial charge in [-0.15, -0.1) is 0 Å². The van der Waals surface area contributed by atoms with Crippen molar-refractivity contribution in [2.45, 2.75) is 51.6 Å². The Bertz CT molecular complexity index is 309. The molecule has 98 valence electrons. The van der Waals surface area contributed by atoms with E-state index in [0.717, 1.165) is 12.8 Å². The summed E-state index contributed by atoms with van der Waals surface area (Å²) in [6.07, 6.45) is 1.43. The van der Waals surface area contributed by atoms with Crippen molar-refractivity contribution in [2.75, 3.05) is 13.6 Å². The van der Waals surface area contributed by atoms with E-state index in [1.165, 1.54) is 4.90 Å². The van der Waals surface area contributed by atoms with E-state index in [9.17, 15) is 14.7 Å². The van der Waals surface area contributed by atoms with E-state index in [1.54, 1.807) is 11.9 Å². The van der Waals surface area contributed by atoms with Gasteiger partial charge >= 0.3 is 6.09 Å². The Labute approximate surface area is 102 Å². The molecule has 17 heavy (non-hydrogen) atoms. The highest BCUT2D eigenvalue weighted by Gasteiger charge is 2.39. The molecule has 1 atom stereocenters. The number of hydrogen-bond acceptors (Lipinski definition) is 2. The third-order valence-electron chi connectivity index (χ3n) is 3.12. The number of carboxylic acid groups (broad SMARTS) is 1. The molecule has 2 amide bonds. The van der Waals surface area contributed by atoms with Gasteiger partial charge in [-0.2, -0.15) is 0 Å². The largest absolute Gasteiger partial charge is 0.465 e. The van der Waals surface area contributed by atoms with Gasteiger partial charge in [0.2, 0.25) is 5.91 Å². The monoisotopic (exact) mass is 242 g/mol. The molecule has 0 spiro atoms. The molecule has 0 bridgehead atoms. The minimum Gasteiger partial charge on any atom is -0.465 e. The van der Waals surface area contributed by atoms with Crippen LogP contribution < -0.4 is 0 Å². The second-order valence-corrected chi connectivity index (χ2v) is 5.59. The van der Waals surface area contributed by atoms with Crippen LogP contribution in [0.25, 0.3) is 0 Å². The van der Waals surface area contributed by atoms with Gasteiger partial charge in [-0.3, -0.25) is 9.69 Å². The van der Waals surface area contributed by atoms with E-state index in [1.807, 2.05) is 20.8 Å². The number of amides is 2. The van der Waals surface area contributed by atoms with E-state index in [0.29, 0.717) is 13.0 Å². The molecule has 1 saturated heterocycles. The van der Waals surface area contributed by atoms with Crippen molar-refractivity contribution >= 4 is 12.0 Å². The summed E-state index contributed by atoms with van der Waals surface area (Å²) in [5.41, 5.74) is -0.558. The van der Waals surface area contributed by atoms with E-state index < -0.39 is 17.7 Å². The molecule has 1 fully saturated rings. The molecule has 1 heterocycles. The summed E-state index contributed by atoms with van der Waals surface area (Å²) in [6, 6.07) is -0.542. The van der Waals surface area contributed by atoms with Crippen molar-refractivity contribution in [1.29, 1.82) is 0 Å². The summed E-state index contributed by atoms with van der Waals surface area (Å²) < 4.78 is 0. The molecule has 5 nitrogen and oxygen atoms in total. The lowest BCUT2D eigenvalue weighted by molar-refractivity contribution is -0.136. The maximum atomic E-state index is 12.2. The highest BCUT2D eigenvalue weighted by molar-refractivity contribution is 5.85. The molecule has 1 aliphatic heterocycles. The van der Waals surface area contributed by atoms with Gasteiger partial charge < -0.3 is 10.0 Å². The third-order valence-corrected chi connectivity index (χ3v) is 3.12. The molecule has 0 aromatic heterocycles. The van der Waals surface area contributed by atoms with Crippen LogP contribution in [0, 0.1) is 0 Å². The quantitative estimate of drug-likeness (QED) is 0.762. The molecular formula is C12H22N2O3. The Kier molecular flexibility index (Phi) is 4.01. The smallest absolute Gasteiger partial charge is 0.408 e. The lowest BCUT2D eigenvalue weighted by atomic mass is 10.0. The van der Waals surface area contributed by atoms with Crippen LogP contribution in [0.1, 0.15) is 40.0 Å². The van der Waals surface area contributed by atoms with Gasteiger partial charge in [0.1, 0.15) is 6.04 Å². The van der Waals surface area contributed by atoms with Gasteiger partial charge in [-0.25, -0.2) is 4.79 Å². The number of hydrogen-bond donors (Lipinski definition) is 1. The second-order valence-electron chi connectivity index (χ2n) is 5.59. The molecular weight excluding hydrogens is 220 g/mol. The normalized spacial score (nSPS) is 22.2. The van der Waals surface area contributed by atoms with Crippen LogP contribution in [0.15, 0.2) is 0 Å². The van der Waals surface area contributed by atoms with Gasteiger partial charge in [0.25, 0.3) is 0 Å². The van der Waals surface area contributed by atoms with Crippen LogP contribution in [0.5, 0.6) is 0 Å². The van der Waals surface area contributed by atoms with Crippen LogP contribution in [0.3, 0.4) is 0 Å². The summed E-state index contributed by atoms with van der Waals surface area (Å²) in [4.78, 5) is 26.5. The van der Waals surface area contributed by atoms with E-state index >= 15 is 0 Å². The fourth-order valence-corrected chi connectivity index (χ4v) is 2.30. The standard InChI is InChI=1S/C12H22N2O3/c1-12(2,3)14(11(16)17)9-7-5-6-8-13(4)10(9)15/h9H,5-8H2,1-4H3,(H,16,17)/t9-/m0/s1. The van der Waals surface area contributed by atoms with Crippen molar-refractivity contribution in [3.8, 4) is 0 Å². The van der Waals surface area contributed by atoms with Crippen molar-refractivity contribution < 1.29 is 14.7 Å². The van der Waals surface area contributed by atoms with E-state index in [4.69, 9.17) is 0 Å². The minimum atomic E-state index is -1.02. The lowest BCUT2D eigenvalue weighted by Gasteiger charge is -2.39. The second kappa shape index (κ2) is 4.94. The Hall–Kier alpha value is -1.26. The summed E-state index contributed by atoms with van der Waals surface area (Å²) in [5, 5.41) is 9.31. The lowest BCUT2D eigenvalue weighted by Crippen LogP contribution is -2.56. The molecule has 1 aliphatic rings. The predicted molar refractivity (Wildman–Crippen MR) is 64.9 cm³/mol. The highest BCUT2D eigenvalue weighted by atomic mass is 16.4. The summed E-state index contributed by atoms with van der Waals surface area (Å²) in [5.74, 6) is -0.0835. The first kappa shape index (κ1) is 13.8. The van der Waals surface area contributed by atoms with Crippen LogP contribution >= 0.6 is 0 Å². The van der Waals surface area contributed by atoms with Crippen molar-refractivity contribution in [3.05, 3.63) is 0 Å². The van der Waals surface area contributed by atoms with Gasteiger partial charge in [0.15, 0.2) is 0 Å². The van der Waals surface area contributed by atoms with Gasteiger partial charge in [0.05, 0.1) is 0 Å². The SMILES string of the molecule is CN1CCCC[C@H](N(C(=O)O)C(C)(C)C)C1=O. The summed E-state index contributed by atoms with van der Waals surface area (Å²) in [6.45, 7) is 6.17. The molecule has 0 aliphatic carbocycles. The molecule has 1 rings (SSSR count). The van der Waals surface area contributed by atoms with Crippen LogP contribution in [0.2, 0.25) is 0 Å². The van der Waals surface area contributed by atoms with Gasteiger partial charge in [-0.05, 0) is 40.0 Å². The molecule has 0 unspecified atom stereocenters. The Balaban J connectivity index is 3.00. The first-order valence-corrected chi connectivity index (χ1v) is 6.02. The number of carbonyl (C=O) groups is 2. The molecule has 0 radical (unpaired) electrons. The zero-order valence-electron chi connectivity index (χ0n) is 11.1. The predicted octanol–water partition coefficient (Wildman–Crippen LogP) is 1.78. The number of likely N-dealkylation sites (tertiary alicyclic amines) is 1. The number of likely N-dealkylation sites (N-methyl/N-ethyl adjacent to an activating group) is 1. The number of nitrogens with zero attached hydrogens (tertiary/aromatic N) is 2. The minimum absolute atomic E-state index is 0.0835. The van der Waals surface area contributed by atoms with Gasteiger partial charge in [0, 0.05) is 19.1 Å². The molecule has 0 aromatic carbocycles. The molecule has 5 heteroatoms. The van der Waals surface area contributed by atoms with Crippen molar-refractivity contribution in [1.82, 2.24) is 9.80 Å². The maximum absolute atomic E-state index is 12.2. The highest BCUT2D eigenvalue weighted by Crippen LogP contribution is 2.24. The Morgan fingerprint density at radius 2 is 2.00 bits per heavy atom. The molecule has 0 aromatic rings. The fraction of sp³-hybridized carbons (Fsp3) is 0.833. The van der Waals surface area contributed by atoms with Crippen molar-refractivity contribution in [3.63, 3.8) is 0 Å². The Morgan fingerprint density at radius 3 is 2.47 bits per heavy atom. The van der Waals surface area contributed by atoms with Crippen LogP contribution in [-0.2, 0) is 4.79 Å². The van der Waals surface area contributed by atoms with Crippen LogP contribution in [-0.4, -0.2) is 52.1 Å². The van der Waals surface area contributed by atoms with Crippen molar-refractivity contribution in [2.24, 2.45) is 0 Å². The summed E-state index contributed by atoms with van der Waals surface area (Å²) >= 11 is 0. The van der Waals surface area contributed by atoms with E-state index in [2.05, 4.69) is 0 Å². The average Bonchev–Trinajstić information content (AvgIpc) is 2.30. The van der Waals surface area contributed by atoms with E-state index in [-0.39, 0.29) is 5.91 Å². The number of carbonyl (C=O) groups excluding carboxylic acids is 1. The Morgan fingerprint density at radius 1 is 1.41 bits per heavy atom. The maximum Gasteiger partial charge on any atom is 0.408 e. The average molecular weight is 242 g/mol. The third kappa shape index (κ3) is 3.11. The molecule has 0 saturated carbocycles. The van der Waals surface area contributed by atoms with Gasteiger partial charge in [-0.1, -0.05) is 0 Å².